The largest absolute Gasteiger partial charge is 0.315 e. The number of thioether (sulfide) groups is 1. The topological polar surface area (TPSA) is 24.9 Å². The third-order valence-electron chi connectivity index (χ3n) is 1.81. The van der Waals surface area contributed by atoms with Crippen LogP contribution in [0.4, 0.5) is 0 Å². The Kier molecular flexibility index (Phi) is 4.92. The first-order valence-electron chi connectivity index (χ1n) is 4.85. The van der Waals surface area contributed by atoms with Crippen molar-refractivity contribution < 1.29 is 0 Å². The van der Waals surface area contributed by atoms with E-state index in [-0.39, 0.29) is 0 Å². The Labute approximate surface area is 94.5 Å². The van der Waals surface area contributed by atoms with Gasteiger partial charge in [-0.15, -0.1) is 11.3 Å². The van der Waals surface area contributed by atoms with Gasteiger partial charge in [-0.05, 0) is 19.2 Å². The monoisotopic (exact) mass is 230 g/mol. The molecular weight excluding hydrogens is 212 g/mol. The molecule has 1 rings (SSSR count). The molecule has 0 aliphatic heterocycles. The Morgan fingerprint density at radius 3 is 2.79 bits per heavy atom. The quantitative estimate of drug-likeness (QED) is 0.842. The minimum Gasteiger partial charge on any atom is -0.315 e. The fraction of sp³-hybridized carbons (Fsp3) is 0.700. The highest BCUT2D eigenvalue weighted by atomic mass is 32.2. The number of rotatable bonds is 5. The first-order chi connectivity index (χ1) is 6.63. The van der Waals surface area contributed by atoms with Crippen LogP contribution in [0.15, 0.2) is 0 Å². The van der Waals surface area contributed by atoms with Gasteiger partial charge in [-0.1, -0.05) is 13.8 Å². The van der Waals surface area contributed by atoms with Crippen LogP contribution in [0.1, 0.15) is 29.4 Å². The number of nitrogens with zero attached hydrogens (tertiary/aromatic N) is 1. The summed E-state index contributed by atoms with van der Waals surface area (Å²) in [6, 6.07) is 0. The van der Waals surface area contributed by atoms with Gasteiger partial charge < -0.3 is 5.32 Å². The molecule has 0 saturated heterocycles. The average Bonchev–Trinajstić information content (AvgIpc) is 2.45. The maximum Gasteiger partial charge on any atom is 0.103 e. The number of aryl methyl sites for hydroxylation is 1. The highest BCUT2D eigenvalue weighted by Gasteiger charge is 2.07. The second kappa shape index (κ2) is 5.73. The van der Waals surface area contributed by atoms with Gasteiger partial charge in [-0.3, -0.25) is 0 Å². The van der Waals surface area contributed by atoms with E-state index >= 15 is 0 Å². The van der Waals surface area contributed by atoms with E-state index in [1.165, 1.54) is 15.6 Å². The fourth-order valence-corrected chi connectivity index (χ4v) is 2.97. The van der Waals surface area contributed by atoms with E-state index in [9.17, 15) is 0 Å². The highest BCUT2D eigenvalue weighted by molar-refractivity contribution is 7.99. The van der Waals surface area contributed by atoms with Crippen LogP contribution in [0.5, 0.6) is 0 Å². The van der Waals surface area contributed by atoms with E-state index < -0.39 is 0 Å². The maximum atomic E-state index is 4.56. The number of thiazole rings is 1. The van der Waals surface area contributed by atoms with Crippen LogP contribution in [-0.2, 0) is 12.3 Å². The second-order valence-corrected chi connectivity index (χ2v) is 6.24. The Morgan fingerprint density at radius 2 is 2.21 bits per heavy atom. The SMILES string of the molecule is CNCc1sc(CSC(C)C)nc1C. The summed E-state index contributed by atoms with van der Waals surface area (Å²) >= 11 is 3.78. The fourth-order valence-electron chi connectivity index (χ4n) is 1.11. The lowest BCUT2D eigenvalue weighted by Crippen LogP contribution is -2.04. The van der Waals surface area contributed by atoms with E-state index in [0.717, 1.165) is 12.3 Å². The summed E-state index contributed by atoms with van der Waals surface area (Å²) in [6.45, 7) is 7.47. The van der Waals surface area contributed by atoms with Gasteiger partial charge >= 0.3 is 0 Å². The summed E-state index contributed by atoms with van der Waals surface area (Å²) in [5.74, 6) is 1.05. The lowest BCUT2D eigenvalue weighted by molar-refractivity contribution is 0.822. The summed E-state index contributed by atoms with van der Waals surface area (Å²) in [7, 11) is 1.97. The number of aromatic nitrogens is 1. The van der Waals surface area contributed by atoms with E-state index in [4.69, 9.17) is 0 Å². The smallest absolute Gasteiger partial charge is 0.103 e. The van der Waals surface area contributed by atoms with Crippen molar-refractivity contribution in [1.29, 1.82) is 0 Å². The van der Waals surface area contributed by atoms with E-state index in [2.05, 4.69) is 31.1 Å². The molecule has 0 spiro atoms. The zero-order chi connectivity index (χ0) is 10.6. The summed E-state index contributed by atoms with van der Waals surface area (Å²) in [4.78, 5) is 5.93. The van der Waals surface area contributed by atoms with Crippen LogP contribution < -0.4 is 5.32 Å². The van der Waals surface area contributed by atoms with Crippen molar-refractivity contribution in [2.24, 2.45) is 0 Å². The van der Waals surface area contributed by atoms with Gasteiger partial charge in [0.25, 0.3) is 0 Å². The molecule has 0 aliphatic carbocycles. The van der Waals surface area contributed by atoms with Crippen molar-refractivity contribution in [3.05, 3.63) is 15.6 Å². The predicted octanol–water partition coefficient (Wildman–Crippen LogP) is 2.81. The molecule has 0 aromatic carbocycles. The molecule has 0 aliphatic rings. The van der Waals surface area contributed by atoms with Crippen molar-refractivity contribution in [2.45, 2.75) is 38.3 Å². The average molecular weight is 230 g/mol. The van der Waals surface area contributed by atoms with Crippen LogP contribution in [0.25, 0.3) is 0 Å². The Hall–Kier alpha value is -0.0600. The van der Waals surface area contributed by atoms with Crippen LogP contribution in [-0.4, -0.2) is 17.3 Å². The molecule has 0 fully saturated rings. The maximum absolute atomic E-state index is 4.56. The number of hydrogen-bond acceptors (Lipinski definition) is 4. The first-order valence-corrected chi connectivity index (χ1v) is 6.71. The first kappa shape index (κ1) is 12.0. The van der Waals surface area contributed by atoms with Gasteiger partial charge in [0.05, 0.1) is 5.69 Å². The van der Waals surface area contributed by atoms with Gasteiger partial charge in [-0.2, -0.15) is 11.8 Å². The van der Waals surface area contributed by atoms with Gasteiger partial charge in [0, 0.05) is 17.2 Å². The van der Waals surface area contributed by atoms with E-state index in [1.54, 1.807) is 0 Å². The Morgan fingerprint density at radius 1 is 1.50 bits per heavy atom. The molecule has 1 N–H and O–H groups in total. The Bertz CT molecular complexity index is 282. The molecule has 0 radical (unpaired) electrons. The van der Waals surface area contributed by atoms with E-state index in [1.807, 2.05) is 30.1 Å². The van der Waals surface area contributed by atoms with Gasteiger partial charge in [0.2, 0.25) is 0 Å². The standard InChI is InChI=1S/C10H18N2S2/c1-7(2)13-6-10-12-8(3)9(14-10)5-11-4/h7,11H,5-6H2,1-4H3. The number of nitrogens with one attached hydrogen (secondary N) is 1. The zero-order valence-corrected chi connectivity index (χ0v) is 10.9. The van der Waals surface area contributed by atoms with Crippen LogP contribution in [0, 0.1) is 6.92 Å². The third-order valence-corrected chi connectivity index (χ3v) is 4.26. The molecule has 0 bridgehead atoms. The summed E-state index contributed by atoms with van der Waals surface area (Å²) in [5.41, 5.74) is 1.18. The molecule has 0 saturated carbocycles. The normalized spacial score (nSPS) is 11.2. The molecule has 80 valence electrons. The molecule has 1 aromatic rings. The Balaban J connectivity index is 2.56. The zero-order valence-electron chi connectivity index (χ0n) is 9.26. The third kappa shape index (κ3) is 3.59. The molecule has 1 heterocycles. The molecule has 0 unspecified atom stereocenters. The minimum absolute atomic E-state index is 0.687. The van der Waals surface area contributed by atoms with Crippen molar-refractivity contribution in [3.8, 4) is 0 Å². The molecule has 4 heteroatoms. The van der Waals surface area contributed by atoms with Crippen LogP contribution >= 0.6 is 23.1 Å². The van der Waals surface area contributed by atoms with Crippen molar-refractivity contribution in [3.63, 3.8) is 0 Å². The van der Waals surface area contributed by atoms with Crippen LogP contribution in [0.2, 0.25) is 0 Å². The molecule has 2 nitrogen and oxygen atoms in total. The minimum atomic E-state index is 0.687. The molecule has 0 amide bonds. The lowest BCUT2D eigenvalue weighted by atomic mass is 10.4. The van der Waals surface area contributed by atoms with Crippen molar-refractivity contribution in [1.82, 2.24) is 10.3 Å². The molecular formula is C10H18N2S2. The second-order valence-electron chi connectivity index (χ2n) is 3.51. The van der Waals surface area contributed by atoms with Gasteiger partial charge in [0.15, 0.2) is 0 Å². The summed E-state index contributed by atoms with van der Waals surface area (Å²) in [6.07, 6.45) is 0. The molecule has 14 heavy (non-hydrogen) atoms. The summed E-state index contributed by atoms with van der Waals surface area (Å²) in [5, 5.41) is 5.11. The molecule has 0 atom stereocenters. The van der Waals surface area contributed by atoms with Crippen LogP contribution in [0.3, 0.4) is 0 Å². The highest BCUT2D eigenvalue weighted by Crippen LogP contribution is 2.23. The lowest BCUT2D eigenvalue weighted by Gasteiger charge is -2.00. The predicted molar refractivity (Wildman–Crippen MR) is 66.0 cm³/mol. The van der Waals surface area contributed by atoms with Crippen molar-refractivity contribution in [2.75, 3.05) is 7.05 Å². The van der Waals surface area contributed by atoms with Crippen molar-refractivity contribution >= 4 is 23.1 Å². The molecule has 1 aromatic heterocycles. The van der Waals surface area contributed by atoms with Gasteiger partial charge in [-0.25, -0.2) is 4.98 Å². The van der Waals surface area contributed by atoms with Gasteiger partial charge in [0.1, 0.15) is 5.01 Å². The number of hydrogen-bond donors (Lipinski definition) is 1. The summed E-state index contributed by atoms with van der Waals surface area (Å²) < 4.78 is 0. The van der Waals surface area contributed by atoms with E-state index in [0.29, 0.717) is 5.25 Å².